The van der Waals surface area contributed by atoms with Gasteiger partial charge in [-0.2, -0.15) is 0 Å². The topological polar surface area (TPSA) is 63.9 Å². The van der Waals surface area contributed by atoms with E-state index in [0.29, 0.717) is 20.6 Å². The second-order valence-corrected chi connectivity index (χ2v) is 11.4. The number of carbonyl (C=O) groups excluding carboxylic acids is 1. The summed E-state index contributed by atoms with van der Waals surface area (Å²) in [5, 5.41) is 1.94. The van der Waals surface area contributed by atoms with Gasteiger partial charge in [0, 0.05) is 29.0 Å². The lowest BCUT2D eigenvalue weighted by atomic mass is 9.97. The largest absolute Gasteiger partial charge is 0.463 e. The van der Waals surface area contributed by atoms with Gasteiger partial charge in [-0.1, -0.05) is 53.8 Å². The monoisotopic (exact) mass is 593 g/mol. The van der Waals surface area contributed by atoms with Crippen LogP contribution in [-0.2, 0) is 9.53 Å². The molecule has 0 amide bonds. The second-order valence-electron chi connectivity index (χ2n) is 8.55. The number of hydrogen-bond donors (Lipinski definition) is 0. The number of fused-ring (bicyclic) bond motifs is 1. The van der Waals surface area contributed by atoms with Crippen molar-refractivity contribution >= 4 is 62.0 Å². The first-order valence-electron chi connectivity index (χ1n) is 11.7. The quantitative estimate of drug-likeness (QED) is 0.301. The summed E-state index contributed by atoms with van der Waals surface area (Å²) >= 11 is 6.45. The van der Waals surface area contributed by atoms with Crippen molar-refractivity contribution in [1.82, 2.24) is 4.57 Å². The van der Waals surface area contributed by atoms with Gasteiger partial charge in [0.1, 0.15) is 6.04 Å². The third-order valence-corrected chi connectivity index (χ3v) is 8.48. The van der Waals surface area contributed by atoms with Gasteiger partial charge in [-0.15, -0.1) is 11.3 Å². The highest BCUT2D eigenvalue weighted by Crippen LogP contribution is 2.36. The smallest absolute Gasteiger partial charge is 0.338 e. The van der Waals surface area contributed by atoms with Crippen molar-refractivity contribution in [2.75, 3.05) is 25.6 Å². The predicted molar refractivity (Wildman–Crippen MR) is 154 cm³/mol. The number of anilines is 1. The predicted octanol–water partition coefficient (Wildman–Crippen LogP) is 4.83. The Bertz CT molecular complexity index is 1670. The van der Waals surface area contributed by atoms with Crippen LogP contribution in [0.25, 0.3) is 11.8 Å². The number of rotatable bonds is 6. The number of carbonyl (C=O) groups is 1. The standard InChI is InChI=1S/C28H24BrN3O3S2/c1-4-35-27(34)23-24(18-9-6-5-7-10-18)30-28-32(25(23)21-11-8-14-36-21)26(33)22(37-28)16-17-12-13-20(31(2)3)19(29)15-17/h5-16,25H,4H2,1-3H3/t25-/m1/s1. The number of esters is 1. The van der Waals surface area contributed by atoms with Gasteiger partial charge in [0.15, 0.2) is 4.80 Å². The normalized spacial score (nSPS) is 15.4. The van der Waals surface area contributed by atoms with Gasteiger partial charge in [-0.25, -0.2) is 9.79 Å². The first-order chi connectivity index (χ1) is 17.9. The Balaban J connectivity index is 1.76. The van der Waals surface area contributed by atoms with Crippen molar-refractivity contribution in [2.24, 2.45) is 4.99 Å². The maximum absolute atomic E-state index is 13.8. The fraction of sp³-hybridized carbons (Fsp3) is 0.179. The third-order valence-electron chi connectivity index (χ3n) is 5.94. The van der Waals surface area contributed by atoms with E-state index in [9.17, 15) is 9.59 Å². The van der Waals surface area contributed by atoms with Crippen LogP contribution in [0.4, 0.5) is 5.69 Å². The van der Waals surface area contributed by atoms with Crippen LogP contribution in [-0.4, -0.2) is 31.2 Å². The van der Waals surface area contributed by atoms with Gasteiger partial charge in [0.25, 0.3) is 5.56 Å². The fourth-order valence-electron chi connectivity index (χ4n) is 4.28. The van der Waals surface area contributed by atoms with Crippen LogP contribution < -0.4 is 19.8 Å². The van der Waals surface area contributed by atoms with Crippen molar-refractivity contribution in [1.29, 1.82) is 0 Å². The minimum atomic E-state index is -0.629. The highest BCUT2D eigenvalue weighted by Gasteiger charge is 2.35. The molecular formula is C28H24BrN3O3S2. The van der Waals surface area contributed by atoms with Crippen LogP contribution >= 0.6 is 38.6 Å². The molecule has 1 aliphatic heterocycles. The Hall–Kier alpha value is -3.27. The van der Waals surface area contributed by atoms with Crippen LogP contribution in [0.5, 0.6) is 0 Å². The van der Waals surface area contributed by atoms with E-state index in [4.69, 9.17) is 9.73 Å². The highest BCUT2D eigenvalue weighted by atomic mass is 79.9. The molecule has 0 fully saturated rings. The third kappa shape index (κ3) is 4.86. The molecule has 0 bridgehead atoms. The molecule has 6 nitrogen and oxygen atoms in total. The van der Waals surface area contributed by atoms with E-state index in [-0.39, 0.29) is 12.2 Å². The molecule has 9 heteroatoms. The number of thiophene rings is 1. The molecule has 2 aromatic heterocycles. The molecule has 188 valence electrons. The molecule has 0 N–H and O–H groups in total. The minimum absolute atomic E-state index is 0.191. The van der Waals surface area contributed by atoms with Crippen molar-refractivity contribution in [2.45, 2.75) is 13.0 Å². The maximum atomic E-state index is 13.8. The number of halogens is 1. The molecule has 5 rings (SSSR count). The van der Waals surface area contributed by atoms with E-state index in [2.05, 4.69) is 15.9 Å². The molecule has 1 atom stereocenters. The Kier molecular flexibility index (Phi) is 7.28. The molecule has 0 unspecified atom stereocenters. The number of benzene rings is 2. The van der Waals surface area contributed by atoms with Crippen molar-refractivity contribution in [3.05, 3.63) is 112 Å². The minimum Gasteiger partial charge on any atom is -0.463 e. The molecule has 4 aromatic rings. The zero-order chi connectivity index (χ0) is 26.1. The van der Waals surface area contributed by atoms with E-state index in [1.54, 1.807) is 11.5 Å². The van der Waals surface area contributed by atoms with E-state index in [1.807, 2.05) is 91.1 Å². The van der Waals surface area contributed by atoms with Gasteiger partial charge in [0.05, 0.1) is 28.1 Å². The SMILES string of the molecule is CCOC(=O)C1=C(c2ccccc2)N=c2sc(=Cc3ccc(N(C)C)c(Br)c3)c(=O)n2[C@@H]1c1cccs1. The Morgan fingerprint density at radius 2 is 1.95 bits per heavy atom. The lowest BCUT2D eigenvalue weighted by Gasteiger charge is -2.24. The van der Waals surface area contributed by atoms with Crippen LogP contribution in [0.15, 0.2) is 85.9 Å². The summed E-state index contributed by atoms with van der Waals surface area (Å²) in [6.45, 7) is 2.00. The number of nitrogens with zero attached hydrogens (tertiary/aromatic N) is 3. The van der Waals surface area contributed by atoms with E-state index >= 15 is 0 Å². The van der Waals surface area contributed by atoms with Gasteiger partial charge < -0.3 is 9.64 Å². The van der Waals surface area contributed by atoms with Crippen molar-refractivity contribution in [3.63, 3.8) is 0 Å². The maximum Gasteiger partial charge on any atom is 0.338 e. The zero-order valence-electron chi connectivity index (χ0n) is 20.5. The number of aromatic nitrogens is 1. The Morgan fingerprint density at radius 1 is 1.16 bits per heavy atom. The van der Waals surface area contributed by atoms with Crippen LogP contribution in [0.3, 0.4) is 0 Å². The average molecular weight is 595 g/mol. The molecule has 0 saturated heterocycles. The number of hydrogen-bond acceptors (Lipinski definition) is 7. The summed E-state index contributed by atoms with van der Waals surface area (Å²) in [4.78, 5) is 35.5. The van der Waals surface area contributed by atoms with Crippen LogP contribution in [0.1, 0.15) is 29.0 Å². The summed E-state index contributed by atoms with van der Waals surface area (Å²) in [5.41, 5.74) is 3.44. The van der Waals surface area contributed by atoms with Crippen molar-refractivity contribution < 1.29 is 9.53 Å². The molecule has 2 aromatic carbocycles. The molecule has 3 heterocycles. The van der Waals surface area contributed by atoms with Crippen LogP contribution in [0, 0.1) is 0 Å². The van der Waals surface area contributed by atoms with Crippen LogP contribution in [0.2, 0.25) is 0 Å². The summed E-state index contributed by atoms with van der Waals surface area (Å²) in [5.74, 6) is -0.471. The van der Waals surface area contributed by atoms with E-state index in [0.717, 1.165) is 26.2 Å². The lowest BCUT2D eigenvalue weighted by Crippen LogP contribution is -2.39. The number of ether oxygens (including phenoxy) is 1. The van der Waals surface area contributed by atoms with Gasteiger partial charge in [0.2, 0.25) is 0 Å². The molecule has 0 radical (unpaired) electrons. The first-order valence-corrected chi connectivity index (χ1v) is 14.2. The zero-order valence-corrected chi connectivity index (χ0v) is 23.7. The van der Waals surface area contributed by atoms with Crippen molar-refractivity contribution in [3.8, 4) is 0 Å². The van der Waals surface area contributed by atoms with Gasteiger partial charge in [-0.05, 0) is 58.1 Å². The summed E-state index contributed by atoms with van der Waals surface area (Å²) in [6.07, 6.45) is 1.87. The molecule has 0 spiro atoms. The summed E-state index contributed by atoms with van der Waals surface area (Å²) < 4.78 is 8.59. The molecule has 37 heavy (non-hydrogen) atoms. The molecule has 1 aliphatic rings. The number of thiazole rings is 1. The van der Waals surface area contributed by atoms with Gasteiger partial charge >= 0.3 is 5.97 Å². The lowest BCUT2D eigenvalue weighted by molar-refractivity contribution is -0.138. The first kappa shape index (κ1) is 25.4. The summed E-state index contributed by atoms with van der Waals surface area (Å²) in [6, 6.07) is 18.8. The Morgan fingerprint density at radius 3 is 2.59 bits per heavy atom. The van der Waals surface area contributed by atoms with E-state index in [1.165, 1.54) is 22.7 Å². The second kappa shape index (κ2) is 10.6. The Labute approximate surface area is 230 Å². The molecule has 0 saturated carbocycles. The summed E-state index contributed by atoms with van der Waals surface area (Å²) in [7, 11) is 3.96. The fourth-order valence-corrected chi connectivity index (χ4v) is 6.86. The average Bonchev–Trinajstić information content (AvgIpc) is 3.52. The molecular weight excluding hydrogens is 570 g/mol. The molecule has 0 aliphatic carbocycles. The van der Waals surface area contributed by atoms with E-state index < -0.39 is 12.0 Å². The highest BCUT2D eigenvalue weighted by molar-refractivity contribution is 9.10. The van der Waals surface area contributed by atoms with Gasteiger partial charge in [-0.3, -0.25) is 9.36 Å².